The Hall–Kier alpha value is -3.35. The number of aryl methyl sites for hydroxylation is 1. The van der Waals surface area contributed by atoms with Gasteiger partial charge in [0.2, 0.25) is 0 Å². The second-order valence-electron chi connectivity index (χ2n) is 5.91. The zero-order valence-corrected chi connectivity index (χ0v) is 14.6. The normalized spacial score (nSPS) is 10.6. The van der Waals surface area contributed by atoms with Gasteiger partial charge in [-0.25, -0.2) is 13.5 Å². The van der Waals surface area contributed by atoms with E-state index in [-0.39, 0.29) is 22.5 Å². The fourth-order valence-corrected chi connectivity index (χ4v) is 2.67. The molecule has 2 aromatic carbocycles. The summed E-state index contributed by atoms with van der Waals surface area (Å²) >= 11 is 0. The molecule has 0 saturated carbocycles. The van der Waals surface area contributed by atoms with Crippen LogP contribution in [0.3, 0.4) is 0 Å². The maximum Gasteiger partial charge on any atom is 0.276 e. The highest BCUT2D eigenvalue weighted by Gasteiger charge is 2.18. The van der Waals surface area contributed by atoms with Gasteiger partial charge in [0, 0.05) is 24.2 Å². The summed E-state index contributed by atoms with van der Waals surface area (Å²) in [4.78, 5) is 24.3. The number of hydrogen-bond acceptors (Lipinski definition) is 3. The molecule has 0 fully saturated rings. The van der Waals surface area contributed by atoms with Gasteiger partial charge in [-0.05, 0) is 24.1 Å². The molecule has 0 aliphatic carbocycles. The Labute approximate surface area is 154 Å². The van der Waals surface area contributed by atoms with E-state index < -0.39 is 17.5 Å². The van der Waals surface area contributed by atoms with Crippen LogP contribution in [0.4, 0.5) is 14.5 Å². The van der Waals surface area contributed by atoms with Crippen molar-refractivity contribution in [2.24, 2.45) is 0 Å². The van der Waals surface area contributed by atoms with E-state index >= 15 is 0 Å². The minimum atomic E-state index is -0.899. The Morgan fingerprint density at radius 2 is 1.85 bits per heavy atom. The number of hydrogen-bond donors (Lipinski definition) is 1. The third kappa shape index (κ3) is 4.08. The van der Waals surface area contributed by atoms with Crippen LogP contribution in [0.2, 0.25) is 0 Å². The number of carbonyl (C=O) groups excluding carboxylic acids is 1. The molecule has 138 valence electrons. The van der Waals surface area contributed by atoms with E-state index in [1.165, 1.54) is 16.8 Å². The van der Waals surface area contributed by atoms with Crippen LogP contribution in [0.5, 0.6) is 0 Å². The van der Waals surface area contributed by atoms with Crippen molar-refractivity contribution in [3.63, 3.8) is 0 Å². The molecule has 1 aromatic heterocycles. The van der Waals surface area contributed by atoms with Crippen LogP contribution >= 0.6 is 0 Å². The molecule has 1 N–H and O–H groups in total. The topological polar surface area (TPSA) is 64.0 Å². The maximum absolute atomic E-state index is 14.4. The summed E-state index contributed by atoms with van der Waals surface area (Å²) in [6.45, 7) is 2.24. The SMILES string of the molecule is CCCn1nc(C(=O)Nc2c(F)cc(F)cc2-c2ccccc2)ccc1=O. The lowest BCUT2D eigenvalue weighted by molar-refractivity contribution is 0.101. The Morgan fingerprint density at radius 3 is 2.56 bits per heavy atom. The van der Waals surface area contributed by atoms with Crippen molar-refractivity contribution in [3.05, 3.63) is 82.3 Å². The van der Waals surface area contributed by atoms with Crippen LogP contribution in [0, 0.1) is 11.6 Å². The van der Waals surface area contributed by atoms with Crippen molar-refractivity contribution in [1.82, 2.24) is 9.78 Å². The summed E-state index contributed by atoms with van der Waals surface area (Å²) < 4.78 is 29.3. The lowest BCUT2D eigenvalue weighted by Gasteiger charge is -2.13. The van der Waals surface area contributed by atoms with Crippen molar-refractivity contribution >= 4 is 11.6 Å². The molecule has 0 spiro atoms. The van der Waals surface area contributed by atoms with Gasteiger partial charge in [-0.2, -0.15) is 5.10 Å². The molecular weight excluding hydrogens is 352 g/mol. The van der Waals surface area contributed by atoms with Crippen LogP contribution in [0.25, 0.3) is 11.1 Å². The first-order valence-electron chi connectivity index (χ1n) is 8.43. The number of nitrogens with zero attached hydrogens (tertiary/aromatic N) is 2. The molecular formula is C20H17F2N3O2. The van der Waals surface area contributed by atoms with Crippen molar-refractivity contribution in [2.45, 2.75) is 19.9 Å². The first-order valence-corrected chi connectivity index (χ1v) is 8.43. The summed E-state index contributed by atoms with van der Waals surface area (Å²) in [5, 5.41) is 6.45. The van der Waals surface area contributed by atoms with Gasteiger partial charge in [-0.3, -0.25) is 9.59 Å². The minimum absolute atomic E-state index is 0.0363. The van der Waals surface area contributed by atoms with E-state index in [9.17, 15) is 18.4 Å². The van der Waals surface area contributed by atoms with E-state index in [1.807, 2.05) is 6.92 Å². The summed E-state index contributed by atoms with van der Waals surface area (Å²) in [6, 6.07) is 13.0. The second-order valence-corrected chi connectivity index (χ2v) is 5.91. The number of rotatable bonds is 5. The highest BCUT2D eigenvalue weighted by molar-refractivity contribution is 6.05. The molecule has 0 radical (unpaired) electrons. The third-order valence-corrected chi connectivity index (χ3v) is 3.91. The Bertz CT molecular complexity index is 1030. The van der Waals surface area contributed by atoms with E-state index in [0.29, 0.717) is 24.6 Å². The van der Waals surface area contributed by atoms with Gasteiger partial charge >= 0.3 is 0 Å². The number of anilines is 1. The molecule has 0 unspecified atom stereocenters. The van der Waals surface area contributed by atoms with Gasteiger partial charge in [-0.15, -0.1) is 0 Å². The van der Waals surface area contributed by atoms with Crippen LogP contribution in [-0.2, 0) is 6.54 Å². The van der Waals surface area contributed by atoms with E-state index in [2.05, 4.69) is 10.4 Å². The first kappa shape index (κ1) is 18.4. The Morgan fingerprint density at radius 1 is 1.11 bits per heavy atom. The Kier molecular flexibility index (Phi) is 5.40. The number of halogens is 2. The highest BCUT2D eigenvalue weighted by atomic mass is 19.1. The number of aromatic nitrogens is 2. The fraction of sp³-hybridized carbons (Fsp3) is 0.150. The maximum atomic E-state index is 14.4. The van der Waals surface area contributed by atoms with E-state index in [1.54, 1.807) is 30.3 Å². The lowest BCUT2D eigenvalue weighted by Crippen LogP contribution is -2.26. The zero-order chi connectivity index (χ0) is 19.4. The summed E-state index contributed by atoms with van der Waals surface area (Å²) in [5.74, 6) is -2.34. The molecule has 0 saturated heterocycles. The third-order valence-electron chi connectivity index (χ3n) is 3.91. The average molecular weight is 369 g/mol. The highest BCUT2D eigenvalue weighted by Crippen LogP contribution is 2.31. The molecule has 0 atom stereocenters. The molecule has 0 bridgehead atoms. The average Bonchev–Trinajstić information content (AvgIpc) is 2.66. The number of benzene rings is 2. The van der Waals surface area contributed by atoms with Gasteiger partial charge in [0.25, 0.3) is 11.5 Å². The molecule has 0 aliphatic heterocycles. The van der Waals surface area contributed by atoms with E-state index in [0.717, 1.165) is 6.07 Å². The molecule has 27 heavy (non-hydrogen) atoms. The molecule has 1 heterocycles. The van der Waals surface area contributed by atoms with Crippen LogP contribution in [-0.4, -0.2) is 15.7 Å². The number of carbonyl (C=O) groups is 1. The van der Waals surface area contributed by atoms with Gasteiger partial charge < -0.3 is 5.32 Å². The fourth-order valence-electron chi connectivity index (χ4n) is 2.67. The van der Waals surface area contributed by atoms with Gasteiger partial charge in [0.05, 0.1) is 5.69 Å². The van der Waals surface area contributed by atoms with Gasteiger partial charge in [-0.1, -0.05) is 37.3 Å². The van der Waals surface area contributed by atoms with Crippen LogP contribution < -0.4 is 10.9 Å². The molecule has 5 nitrogen and oxygen atoms in total. The molecule has 0 aliphatic rings. The van der Waals surface area contributed by atoms with Gasteiger partial charge in [0.1, 0.15) is 17.3 Å². The first-order chi connectivity index (χ1) is 13.0. The largest absolute Gasteiger partial charge is 0.318 e. The summed E-state index contributed by atoms with van der Waals surface area (Å²) in [5.41, 5.74) is 0.248. The lowest BCUT2D eigenvalue weighted by atomic mass is 10.0. The summed E-state index contributed by atoms with van der Waals surface area (Å²) in [6.07, 6.45) is 0.669. The molecule has 3 rings (SSSR count). The van der Waals surface area contributed by atoms with Crippen LogP contribution in [0.1, 0.15) is 23.8 Å². The molecule has 7 heteroatoms. The van der Waals surface area contributed by atoms with Crippen molar-refractivity contribution in [2.75, 3.05) is 5.32 Å². The summed E-state index contributed by atoms with van der Waals surface area (Å²) in [7, 11) is 0. The predicted octanol–water partition coefficient (Wildman–Crippen LogP) is 3.85. The predicted molar refractivity (Wildman–Crippen MR) is 98.5 cm³/mol. The number of amides is 1. The zero-order valence-electron chi connectivity index (χ0n) is 14.6. The molecule has 1 amide bonds. The minimum Gasteiger partial charge on any atom is -0.318 e. The van der Waals surface area contributed by atoms with Gasteiger partial charge in [0.15, 0.2) is 0 Å². The van der Waals surface area contributed by atoms with Crippen molar-refractivity contribution in [3.8, 4) is 11.1 Å². The van der Waals surface area contributed by atoms with Crippen molar-refractivity contribution in [1.29, 1.82) is 0 Å². The van der Waals surface area contributed by atoms with Crippen LogP contribution in [0.15, 0.2) is 59.4 Å². The second kappa shape index (κ2) is 7.90. The van der Waals surface area contributed by atoms with E-state index in [4.69, 9.17) is 0 Å². The number of nitrogens with one attached hydrogen (secondary N) is 1. The Balaban J connectivity index is 2.00. The molecule has 3 aromatic rings. The standard InChI is InChI=1S/C20H17F2N3O2/c1-2-10-25-18(26)9-8-17(24-25)20(27)23-19-15(11-14(21)12-16(19)22)13-6-4-3-5-7-13/h3-9,11-12H,2,10H2,1H3,(H,23,27). The van der Waals surface area contributed by atoms with Crippen molar-refractivity contribution < 1.29 is 13.6 Å². The quantitative estimate of drug-likeness (QED) is 0.743. The smallest absolute Gasteiger partial charge is 0.276 e. The monoisotopic (exact) mass is 369 g/mol.